The summed E-state index contributed by atoms with van der Waals surface area (Å²) in [6.45, 7) is 6.62. The van der Waals surface area contributed by atoms with Crippen molar-refractivity contribution in [1.29, 1.82) is 0 Å². The Kier molecular flexibility index (Phi) is 7.59. The van der Waals surface area contributed by atoms with Crippen LogP contribution < -0.4 is 10.6 Å². The molecular weight excluding hydrogens is 614 g/mol. The molecule has 2 atom stereocenters. The summed E-state index contributed by atoms with van der Waals surface area (Å²) in [4.78, 5) is 27.4. The van der Waals surface area contributed by atoms with Gasteiger partial charge >= 0.3 is 5.97 Å². The Labute approximate surface area is 288 Å². The second-order valence-corrected chi connectivity index (χ2v) is 16.3. The largest absolute Gasteiger partial charge is 0.507 e. The van der Waals surface area contributed by atoms with Gasteiger partial charge in [0.05, 0.1) is 23.9 Å². The highest BCUT2D eigenvalue weighted by Gasteiger charge is 2.69. The summed E-state index contributed by atoms with van der Waals surface area (Å²) >= 11 is 0. The Morgan fingerprint density at radius 1 is 0.980 bits per heavy atom. The molecule has 1 aromatic carbocycles. The summed E-state index contributed by atoms with van der Waals surface area (Å²) in [7, 11) is 0. The average Bonchev–Trinajstić information content (AvgIpc) is 3.09. The van der Waals surface area contributed by atoms with E-state index in [2.05, 4.69) is 32.4 Å². The van der Waals surface area contributed by atoms with Crippen LogP contribution in [0.3, 0.4) is 0 Å². The van der Waals surface area contributed by atoms with Crippen molar-refractivity contribution in [1.82, 2.24) is 25.1 Å². The molecule has 10 nitrogen and oxygen atoms in total. The minimum atomic E-state index is 0.0218. The number of rotatable bonds is 7. The van der Waals surface area contributed by atoms with Crippen molar-refractivity contribution in [3.63, 3.8) is 0 Å². The highest BCUT2D eigenvalue weighted by molar-refractivity contribution is 5.74. The van der Waals surface area contributed by atoms with Crippen LogP contribution in [0, 0.1) is 29.1 Å². The second-order valence-electron chi connectivity index (χ2n) is 16.3. The van der Waals surface area contributed by atoms with Crippen molar-refractivity contribution in [2.24, 2.45) is 29.1 Å². The molecule has 3 N–H and O–H groups in total. The number of phenols is 1. The van der Waals surface area contributed by atoms with Crippen LogP contribution in [0.25, 0.3) is 11.3 Å². The number of esters is 1. The topological polar surface area (TPSA) is 131 Å². The van der Waals surface area contributed by atoms with E-state index in [9.17, 15) is 9.90 Å². The van der Waals surface area contributed by atoms with Gasteiger partial charge in [-0.2, -0.15) is 0 Å². The van der Waals surface area contributed by atoms with E-state index in [-0.39, 0.29) is 23.1 Å². The lowest BCUT2D eigenvalue weighted by atomic mass is 9.37. The quantitative estimate of drug-likeness (QED) is 0.303. The van der Waals surface area contributed by atoms with Crippen molar-refractivity contribution in [2.75, 3.05) is 43.4 Å². The number of nitrogens with two attached hydrogens (primary N) is 1. The number of ether oxygens (including phenoxy) is 1. The third-order valence-electron chi connectivity index (χ3n) is 13.8. The summed E-state index contributed by atoms with van der Waals surface area (Å²) in [6, 6.07) is 9.93. The molecule has 4 heterocycles. The molecule has 2 aromatic heterocycles. The lowest BCUT2D eigenvalue weighted by Gasteiger charge is -2.70. The molecule has 6 fully saturated rings. The molecule has 0 bridgehead atoms. The van der Waals surface area contributed by atoms with E-state index in [1.165, 1.54) is 44.1 Å². The summed E-state index contributed by atoms with van der Waals surface area (Å²) in [5.41, 5.74) is 10.5. The molecule has 2 aliphatic heterocycles. The third kappa shape index (κ3) is 5.19. The summed E-state index contributed by atoms with van der Waals surface area (Å²) in [5.74, 6) is 4.22. The maximum Gasteiger partial charge on any atom is 0.308 e. The number of anilines is 2. The van der Waals surface area contributed by atoms with E-state index in [1.54, 1.807) is 6.07 Å². The van der Waals surface area contributed by atoms with Crippen LogP contribution in [-0.4, -0.2) is 75.0 Å². The van der Waals surface area contributed by atoms with E-state index in [4.69, 9.17) is 20.4 Å². The number of carbonyl (C=O) groups excluding carboxylic acids is 1. The molecule has 10 heteroatoms. The minimum Gasteiger partial charge on any atom is -0.507 e. The number of aromatic nitrogens is 4. The number of benzene rings is 1. The molecule has 6 aliphatic rings. The summed E-state index contributed by atoms with van der Waals surface area (Å²) in [5, 5.41) is 18.9. The van der Waals surface area contributed by atoms with Gasteiger partial charge in [-0.1, -0.05) is 12.1 Å². The number of hydrogen-bond acceptors (Lipinski definition) is 10. The molecule has 2 unspecified atom stereocenters. The molecular formula is C39H49N7O3. The van der Waals surface area contributed by atoms with E-state index in [0.29, 0.717) is 58.8 Å². The first-order valence-corrected chi connectivity index (χ1v) is 18.7. The van der Waals surface area contributed by atoms with Crippen LogP contribution in [0.4, 0.5) is 11.5 Å². The average molecular weight is 664 g/mol. The second kappa shape index (κ2) is 11.9. The summed E-state index contributed by atoms with van der Waals surface area (Å²) in [6.07, 6.45) is 15.9. The van der Waals surface area contributed by atoms with Gasteiger partial charge in [-0.25, -0.2) is 9.97 Å². The first kappa shape index (κ1) is 31.2. The van der Waals surface area contributed by atoms with Crippen LogP contribution in [0.15, 0.2) is 42.7 Å². The number of hydrogen-bond donors (Lipinski definition) is 2. The van der Waals surface area contributed by atoms with Crippen LogP contribution in [0.2, 0.25) is 0 Å². The lowest BCUT2D eigenvalue weighted by molar-refractivity contribution is -0.151. The first-order chi connectivity index (χ1) is 23.8. The predicted molar refractivity (Wildman–Crippen MR) is 187 cm³/mol. The van der Waals surface area contributed by atoms with Gasteiger partial charge in [-0.15, -0.1) is 10.2 Å². The highest BCUT2D eigenvalue weighted by Crippen LogP contribution is 2.69. The Morgan fingerprint density at radius 2 is 1.67 bits per heavy atom. The number of carbonyl (C=O) groups is 1. The zero-order chi connectivity index (χ0) is 33.3. The van der Waals surface area contributed by atoms with Crippen molar-refractivity contribution in [2.45, 2.75) is 88.5 Å². The van der Waals surface area contributed by atoms with Crippen LogP contribution in [0.1, 0.15) is 88.4 Å². The number of piperidine rings is 2. The standard InChI is InChI=1S/C39H49N7O3/c1-2-49-36(48)25-7-11-38(12-8-25)18-29(19-38)45-13-9-24(10-14-45)28-20-41-37(42-21-28)39-16-26-22-46(23-27(17-39)34(26)39)32-15-31(43-44-35(32)40)30-5-3-4-6-33(30)47/h3-6,15,20-21,24-27,29,34,47H,2,7-14,16-19,22-23H2,1H3,(H2,40,44)/t25-,26?,27?,29-,34?,38?,39?. The van der Waals surface area contributed by atoms with E-state index in [1.807, 2.05) is 31.2 Å². The van der Waals surface area contributed by atoms with Gasteiger partial charge in [0.2, 0.25) is 0 Å². The van der Waals surface area contributed by atoms with Gasteiger partial charge in [-0.3, -0.25) is 4.79 Å². The van der Waals surface area contributed by atoms with Gasteiger partial charge in [0.25, 0.3) is 0 Å². The normalized spacial score (nSPS) is 34.0. The number of nitrogens with zero attached hydrogens (tertiary/aromatic N) is 6. The Balaban J connectivity index is 0.776. The van der Waals surface area contributed by atoms with Crippen molar-refractivity contribution in [3.05, 3.63) is 54.1 Å². The van der Waals surface area contributed by atoms with Crippen LogP contribution >= 0.6 is 0 Å². The van der Waals surface area contributed by atoms with Crippen LogP contribution in [0.5, 0.6) is 5.75 Å². The predicted octanol–water partition coefficient (Wildman–Crippen LogP) is 5.72. The maximum absolute atomic E-state index is 12.2. The number of phenolic OH excluding ortho intramolecular Hbond substituents is 1. The molecule has 9 rings (SSSR count). The van der Waals surface area contributed by atoms with Crippen LogP contribution in [-0.2, 0) is 14.9 Å². The molecule has 4 saturated carbocycles. The van der Waals surface area contributed by atoms with Crippen molar-refractivity contribution >= 4 is 17.5 Å². The zero-order valence-electron chi connectivity index (χ0n) is 28.6. The molecule has 258 valence electrons. The SMILES string of the molecule is CCOC(=O)[C@H]1CCC2(CC1)C[C@H](N1CCC(c3cnc(C45CC6CN(c7cc(-c8ccccc8O)nnc7N)CC(C4)C65)nc3)CC1)C2. The smallest absolute Gasteiger partial charge is 0.308 e. The number of likely N-dealkylation sites (tertiary alicyclic amines) is 1. The van der Waals surface area contributed by atoms with Gasteiger partial charge in [0.15, 0.2) is 5.82 Å². The maximum atomic E-state index is 12.2. The van der Waals surface area contributed by atoms with Gasteiger partial charge < -0.3 is 25.4 Å². The van der Waals surface area contributed by atoms with E-state index in [0.717, 1.165) is 63.4 Å². The molecule has 49 heavy (non-hydrogen) atoms. The Hall–Kier alpha value is -3.79. The Morgan fingerprint density at radius 3 is 2.35 bits per heavy atom. The summed E-state index contributed by atoms with van der Waals surface area (Å²) < 4.78 is 5.29. The number of nitrogen functional groups attached to an aromatic ring is 1. The van der Waals surface area contributed by atoms with E-state index >= 15 is 0 Å². The molecule has 0 amide bonds. The fourth-order valence-electron chi connectivity index (χ4n) is 11.2. The lowest BCUT2D eigenvalue weighted by Crippen LogP contribution is -2.71. The van der Waals surface area contributed by atoms with E-state index < -0.39 is 0 Å². The van der Waals surface area contributed by atoms with Gasteiger partial charge in [0.1, 0.15) is 11.6 Å². The third-order valence-corrected chi connectivity index (χ3v) is 13.8. The highest BCUT2D eigenvalue weighted by atomic mass is 16.5. The molecule has 4 aliphatic carbocycles. The number of aromatic hydroxyl groups is 1. The first-order valence-electron chi connectivity index (χ1n) is 18.7. The fourth-order valence-corrected chi connectivity index (χ4v) is 11.2. The Bertz CT molecular complexity index is 1690. The molecule has 3 aromatic rings. The molecule has 1 spiro atoms. The van der Waals surface area contributed by atoms with Gasteiger partial charge in [-0.05, 0) is 137 Å². The number of para-hydroxylation sites is 1. The minimum absolute atomic E-state index is 0.0218. The molecule has 0 radical (unpaired) electrons. The van der Waals surface area contributed by atoms with Crippen molar-refractivity contribution < 1.29 is 14.6 Å². The monoisotopic (exact) mass is 663 g/mol. The van der Waals surface area contributed by atoms with Gasteiger partial charge in [0, 0.05) is 42.5 Å². The molecule has 2 saturated heterocycles. The zero-order valence-corrected chi connectivity index (χ0v) is 28.6. The van der Waals surface area contributed by atoms with Crippen molar-refractivity contribution in [3.8, 4) is 17.0 Å². The fraction of sp³-hybridized carbons (Fsp3) is 0.615.